The van der Waals surface area contributed by atoms with Gasteiger partial charge < -0.3 is 9.84 Å². The molecule has 0 fully saturated rings. The molecule has 6 heteroatoms. The van der Waals surface area contributed by atoms with Gasteiger partial charge in [0, 0.05) is 11.5 Å². The largest absolute Gasteiger partial charge is 0.496 e. The van der Waals surface area contributed by atoms with Crippen molar-refractivity contribution in [3.63, 3.8) is 0 Å². The minimum atomic E-state index is -0.980. The molecule has 22 heavy (non-hydrogen) atoms. The number of carbonyl (C=O) groups is 1. The molecule has 1 N–H and O–H groups in total. The van der Waals surface area contributed by atoms with Gasteiger partial charge in [-0.05, 0) is 42.3 Å². The highest BCUT2D eigenvalue weighted by atomic mass is 32.1. The zero-order chi connectivity index (χ0) is 15.7. The smallest absolute Gasteiger partial charge is 0.328 e. The van der Waals surface area contributed by atoms with Gasteiger partial charge in [0.15, 0.2) is 4.96 Å². The van der Waals surface area contributed by atoms with Gasteiger partial charge in [-0.2, -0.15) is 0 Å². The molecule has 3 aromatic rings. The van der Waals surface area contributed by atoms with Gasteiger partial charge in [-0.3, -0.25) is 4.40 Å². The van der Waals surface area contributed by atoms with Crippen LogP contribution in [-0.4, -0.2) is 27.6 Å². The van der Waals surface area contributed by atoms with Crippen molar-refractivity contribution < 1.29 is 14.6 Å². The van der Waals surface area contributed by atoms with E-state index in [0.717, 1.165) is 39.3 Å². The topological polar surface area (TPSA) is 63.8 Å². The molecular weight excluding hydrogens is 300 g/mol. The molecule has 0 unspecified atom stereocenters. The number of methoxy groups -OCH3 is 1. The van der Waals surface area contributed by atoms with Gasteiger partial charge in [-0.25, -0.2) is 9.78 Å². The summed E-state index contributed by atoms with van der Waals surface area (Å²) >= 11 is 1.52. The van der Waals surface area contributed by atoms with Crippen molar-refractivity contribution in [3.05, 3.63) is 47.1 Å². The van der Waals surface area contributed by atoms with Crippen LogP contribution >= 0.6 is 11.3 Å². The Morgan fingerprint density at radius 3 is 2.95 bits per heavy atom. The van der Waals surface area contributed by atoms with Crippen molar-refractivity contribution in [2.45, 2.75) is 6.92 Å². The number of ether oxygens (including phenoxy) is 1. The van der Waals surface area contributed by atoms with Gasteiger partial charge in [0.2, 0.25) is 0 Å². The zero-order valence-electron chi connectivity index (χ0n) is 12.1. The number of carboxylic acids is 1. The first kappa shape index (κ1) is 14.3. The number of hydrogen-bond acceptors (Lipinski definition) is 4. The van der Waals surface area contributed by atoms with Gasteiger partial charge in [-0.1, -0.05) is 0 Å². The Labute approximate surface area is 131 Å². The second kappa shape index (κ2) is 5.65. The Bertz CT molecular complexity index is 877. The standard InChI is InChI=1S/C16H14N2O3S/c1-10-7-11(3-5-14(10)21-2)13-9-22-16-17-8-12(18(13)16)4-6-15(19)20/h3-9H,1-2H3,(H,19,20)/b6-4+. The van der Waals surface area contributed by atoms with Crippen molar-refractivity contribution >= 4 is 28.3 Å². The van der Waals surface area contributed by atoms with Gasteiger partial charge in [-0.15, -0.1) is 11.3 Å². The van der Waals surface area contributed by atoms with Crippen LogP contribution in [0.3, 0.4) is 0 Å². The maximum absolute atomic E-state index is 10.7. The quantitative estimate of drug-likeness (QED) is 0.749. The predicted octanol–water partition coefficient (Wildman–Crippen LogP) is 3.48. The summed E-state index contributed by atoms with van der Waals surface area (Å²) in [5, 5.41) is 10.8. The molecule has 2 aromatic heterocycles. The van der Waals surface area contributed by atoms with Crippen molar-refractivity contribution in [3.8, 4) is 17.0 Å². The van der Waals surface area contributed by atoms with E-state index in [9.17, 15) is 4.79 Å². The van der Waals surface area contributed by atoms with E-state index in [1.807, 2.05) is 34.9 Å². The molecule has 0 spiro atoms. The number of hydrogen-bond donors (Lipinski definition) is 1. The van der Waals surface area contributed by atoms with Crippen LogP contribution in [0.2, 0.25) is 0 Å². The molecule has 112 valence electrons. The Hall–Kier alpha value is -2.60. The number of aliphatic carboxylic acids is 1. The Kier molecular flexibility index (Phi) is 3.68. The molecule has 0 saturated heterocycles. The minimum absolute atomic E-state index is 0.738. The SMILES string of the molecule is COc1ccc(-c2csc3ncc(/C=C/C(=O)O)n23)cc1C. The summed E-state index contributed by atoms with van der Waals surface area (Å²) in [5.74, 6) is -0.140. The number of imidazole rings is 1. The first-order valence-electron chi connectivity index (χ1n) is 6.61. The van der Waals surface area contributed by atoms with Crippen molar-refractivity contribution in [1.82, 2.24) is 9.38 Å². The van der Waals surface area contributed by atoms with E-state index in [0.29, 0.717) is 0 Å². The molecule has 2 heterocycles. The van der Waals surface area contributed by atoms with Crippen molar-refractivity contribution in [2.75, 3.05) is 7.11 Å². The van der Waals surface area contributed by atoms with Crippen LogP contribution in [0.25, 0.3) is 22.3 Å². The number of nitrogens with zero attached hydrogens (tertiary/aromatic N) is 2. The van der Waals surface area contributed by atoms with E-state index >= 15 is 0 Å². The van der Waals surface area contributed by atoms with Crippen molar-refractivity contribution in [1.29, 1.82) is 0 Å². The summed E-state index contributed by atoms with van der Waals surface area (Å²) in [6.07, 6.45) is 4.34. The van der Waals surface area contributed by atoms with Crippen LogP contribution < -0.4 is 4.74 Å². The summed E-state index contributed by atoms with van der Waals surface area (Å²) in [4.78, 5) is 15.9. The van der Waals surface area contributed by atoms with Gasteiger partial charge in [0.1, 0.15) is 5.75 Å². The summed E-state index contributed by atoms with van der Waals surface area (Å²) in [7, 11) is 1.65. The van der Waals surface area contributed by atoms with E-state index in [2.05, 4.69) is 4.98 Å². The van der Waals surface area contributed by atoms with Crippen LogP contribution in [0.4, 0.5) is 0 Å². The Morgan fingerprint density at radius 2 is 2.27 bits per heavy atom. The van der Waals surface area contributed by atoms with Crippen molar-refractivity contribution in [2.24, 2.45) is 0 Å². The third-order valence-electron chi connectivity index (χ3n) is 3.36. The number of benzene rings is 1. The van der Waals surface area contributed by atoms with Crippen LogP contribution in [0.1, 0.15) is 11.3 Å². The Morgan fingerprint density at radius 1 is 1.45 bits per heavy atom. The zero-order valence-corrected chi connectivity index (χ0v) is 12.9. The summed E-state index contributed by atoms with van der Waals surface area (Å²) in [5.41, 5.74) is 3.80. The number of thiazole rings is 1. The molecule has 0 aliphatic carbocycles. The summed E-state index contributed by atoms with van der Waals surface area (Å²) in [6, 6.07) is 5.96. The second-order valence-electron chi connectivity index (χ2n) is 4.78. The molecule has 1 aromatic carbocycles. The highest BCUT2D eigenvalue weighted by molar-refractivity contribution is 7.15. The second-order valence-corrected chi connectivity index (χ2v) is 5.61. The highest BCUT2D eigenvalue weighted by Crippen LogP contribution is 2.30. The molecule has 3 rings (SSSR count). The molecule has 0 aliphatic rings. The van der Waals surface area contributed by atoms with Crippen LogP contribution in [0.15, 0.2) is 35.9 Å². The molecule has 0 saturated carbocycles. The molecule has 5 nitrogen and oxygen atoms in total. The molecule has 0 radical (unpaired) electrons. The fraction of sp³-hybridized carbons (Fsp3) is 0.125. The molecule has 0 bridgehead atoms. The lowest BCUT2D eigenvalue weighted by molar-refractivity contribution is -0.131. The molecule has 0 amide bonds. The first-order chi connectivity index (χ1) is 10.6. The fourth-order valence-corrected chi connectivity index (χ4v) is 3.22. The predicted molar refractivity (Wildman–Crippen MR) is 86.5 cm³/mol. The number of aryl methyl sites for hydroxylation is 1. The van der Waals surface area contributed by atoms with Gasteiger partial charge >= 0.3 is 5.97 Å². The lowest BCUT2D eigenvalue weighted by atomic mass is 10.1. The minimum Gasteiger partial charge on any atom is -0.496 e. The fourth-order valence-electron chi connectivity index (χ4n) is 2.34. The highest BCUT2D eigenvalue weighted by Gasteiger charge is 2.11. The average Bonchev–Trinajstić information content (AvgIpc) is 3.06. The first-order valence-corrected chi connectivity index (χ1v) is 7.49. The molecule has 0 atom stereocenters. The van der Waals surface area contributed by atoms with Crippen LogP contribution in [0, 0.1) is 6.92 Å². The maximum atomic E-state index is 10.7. The maximum Gasteiger partial charge on any atom is 0.328 e. The van der Waals surface area contributed by atoms with Crippen LogP contribution in [-0.2, 0) is 4.79 Å². The van der Waals surface area contributed by atoms with Gasteiger partial charge in [0.25, 0.3) is 0 Å². The normalized spacial score (nSPS) is 11.4. The lowest BCUT2D eigenvalue weighted by Gasteiger charge is -2.07. The Balaban J connectivity index is 2.13. The lowest BCUT2D eigenvalue weighted by Crippen LogP contribution is -1.92. The summed E-state index contributed by atoms with van der Waals surface area (Å²) in [6.45, 7) is 1.99. The van der Waals surface area contributed by atoms with Crippen LogP contribution in [0.5, 0.6) is 5.75 Å². The van der Waals surface area contributed by atoms with E-state index in [-0.39, 0.29) is 0 Å². The number of aromatic nitrogens is 2. The van der Waals surface area contributed by atoms with E-state index < -0.39 is 5.97 Å². The number of carboxylic acid groups (broad SMARTS) is 1. The third-order valence-corrected chi connectivity index (χ3v) is 4.20. The van der Waals surface area contributed by atoms with E-state index in [4.69, 9.17) is 9.84 Å². The van der Waals surface area contributed by atoms with E-state index in [1.54, 1.807) is 19.4 Å². The molecular formula is C16H14N2O3S. The molecule has 0 aliphatic heterocycles. The van der Waals surface area contributed by atoms with E-state index in [1.165, 1.54) is 11.3 Å². The third kappa shape index (κ3) is 2.48. The average molecular weight is 314 g/mol. The monoisotopic (exact) mass is 314 g/mol. The number of rotatable bonds is 4. The summed E-state index contributed by atoms with van der Waals surface area (Å²) < 4.78 is 7.24. The number of fused-ring (bicyclic) bond motifs is 1. The van der Waals surface area contributed by atoms with Gasteiger partial charge in [0.05, 0.1) is 24.7 Å².